The first-order valence-electron chi connectivity index (χ1n) is 12.4. The van der Waals surface area contributed by atoms with Crippen LogP contribution in [0.15, 0.2) is 67.6 Å². The average molecular weight is 567 g/mol. The molecule has 0 saturated carbocycles. The first-order valence-corrected chi connectivity index (χ1v) is 13.9. The number of methoxy groups -OCH3 is 2. The van der Waals surface area contributed by atoms with Gasteiger partial charge >= 0.3 is 7.82 Å². The van der Waals surface area contributed by atoms with E-state index in [1.54, 1.807) is 63.3 Å². The molecule has 4 rings (SSSR count). The van der Waals surface area contributed by atoms with E-state index in [9.17, 15) is 14.3 Å². The van der Waals surface area contributed by atoms with Gasteiger partial charge in [0, 0.05) is 60.0 Å². The largest absolute Gasteiger partial charge is 0.497 e. The molecule has 0 saturated heterocycles. The molecule has 0 fully saturated rings. The fourth-order valence-corrected chi connectivity index (χ4v) is 5.12. The van der Waals surface area contributed by atoms with E-state index >= 15 is 0 Å². The van der Waals surface area contributed by atoms with Crippen LogP contribution in [0.3, 0.4) is 0 Å². The Morgan fingerprint density at radius 3 is 2.60 bits per heavy atom. The summed E-state index contributed by atoms with van der Waals surface area (Å²) in [6, 6.07) is 11.0. The van der Waals surface area contributed by atoms with Gasteiger partial charge in [-0.1, -0.05) is 6.58 Å². The summed E-state index contributed by atoms with van der Waals surface area (Å²) in [5.41, 5.74) is 4.21. The normalized spacial score (nSPS) is 13.4. The van der Waals surface area contributed by atoms with Crippen molar-refractivity contribution in [3.63, 3.8) is 0 Å². The van der Waals surface area contributed by atoms with Gasteiger partial charge in [0.25, 0.3) is 0 Å². The molecule has 12 heteroatoms. The number of anilines is 1. The first kappa shape index (κ1) is 29.0. The number of amides is 1. The molecule has 4 aromatic rings. The molecule has 0 radical (unpaired) electrons. The molecule has 1 N–H and O–H groups in total. The second kappa shape index (κ2) is 12.0. The van der Waals surface area contributed by atoms with E-state index in [1.165, 1.54) is 18.1 Å². The monoisotopic (exact) mass is 566 g/mol. The molecule has 1 amide bonds. The molecule has 1 aromatic carbocycles. The van der Waals surface area contributed by atoms with Crippen molar-refractivity contribution in [3.8, 4) is 33.9 Å². The quantitative estimate of drug-likeness (QED) is 0.182. The summed E-state index contributed by atoms with van der Waals surface area (Å²) < 4.78 is 35.1. The van der Waals surface area contributed by atoms with Crippen LogP contribution in [0, 0.1) is 0 Å². The number of phosphoric acid groups is 1. The Kier molecular flexibility index (Phi) is 8.70. The van der Waals surface area contributed by atoms with Crippen molar-refractivity contribution in [2.24, 2.45) is 0 Å². The van der Waals surface area contributed by atoms with Gasteiger partial charge in [0.1, 0.15) is 17.6 Å². The molecular weight excluding hydrogens is 535 g/mol. The molecule has 3 heterocycles. The number of pyridine rings is 2. The van der Waals surface area contributed by atoms with Gasteiger partial charge in [0.05, 0.1) is 20.8 Å². The van der Waals surface area contributed by atoms with Crippen LogP contribution < -0.4 is 14.4 Å². The zero-order chi connectivity index (χ0) is 29.0. The molecule has 210 valence electrons. The lowest BCUT2D eigenvalue weighted by molar-refractivity contribution is -0.113. The van der Waals surface area contributed by atoms with Gasteiger partial charge in [0.15, 0.2) is 0 Å². The number of carbonyl (C=O) groups excluding carboxylic acids is 1. The fraction of sp³-hybridized carbons (Fsp3) is 0.250. The Bertz CT molecular complexity index is 1600. The topological polar surface area (TPSA) is 125 Å². The number of rotatable bonds is 11. The van der Waals surface area contributed by atoms with Gasteiger partial charge < -0.3 is 23.8 Å². The Hall–Kier alpha value is -4.02. The van der Waals surface area contributed by atoms with E-state index in [-0.39, 0.29) is 12.5 Å². The number of nitrogens with zero attached hydrogens (tertiary/aromatic N) is 4. The number of likely N-dealkylation sites (N-methyl/N-ethyl adjacent to an activating group) is 1. The van der Waals surface area contributed by atoms with Crippen LogP contribution in [0.4, 0.5) is 5.69 Å². The molecule has 11 nitrogen and oxygen atoms in total. The van der Waals surface area contributed by atoms with E-state index in [0.717, 1.165) is 27.6 Å². The number of benzene rings is 1. The number of hydrogen-bond donors (Lipinski definition) is 1. The van der Waals surface area contributed by atoms with Gasteiger partial charge in [-0.15, -0.1) is 0 Å². The molecule has 0 bridgehead atoms. The molecule has 0 aliphatic heterocycles. The Labute approximate surface area is 232 Å². The smallest absolute Gasteiger partial charge is 0.474 e. The summed E-state index contributed by atoms with van der Waals surface area (Å²) in [4.78, 5) is 32.7. The van der Waals surface area contributed by atoms with E-state index in [2.05, 4.69) is 11.6 Å². The van der Waals surface area contributed by atoms with E-state index < -0.39 is 14.1 Å². The first-order chi connectivity index (χ1) is 19.1. The van der Waals surface area contributed by atoms with Crippen LogP contribution in [0.25, 0.3) is 33.3 Å². The molecule has 2 atom stereocenters. The van der Waals surface area contributed by atoms with Gasteiger partial charge in [-0.25, -0.2) is 14.5 Å². The van der Waals surface area contributed by atoms with Gasteiger partial charge in [0.2, 0.25) is 11.8 Å². The molecule has 40 heavy (non-hydrogen) atoms. The summed E-state index contributed by atoms with van der Waals surface area (Å²) in [6.45, 7) is 6.82. The Morgan fingerprint density at radius 2 is 1.93 bits per heavy atom. The zero-order valence-electron chi connectivity index (χ0n) is 22.9. The number of aromatic nitrogens is 3. The molecule has 0 spiro atoms. The van der Waals surface area contributed by atoms with Crippen molar-refractivity contribution < 1.29 is 32.8 Å². The van der Waals surface area contributed by atoms with Crippen molar-refractivity contribution in [1.82, 2.24) is 14.5 Å². The third kappa shape index (κ3) is 6.08. The highest BCUT2D eigenvalue weighted by molar-refractivity contribution is 7.47. The predicted molar refractivity (Wildman–Crippen MR) is 152 cm³/mol. The summed E-state index contributed by atoms with van der Waals surface area (Å²) in [6.07, 6.45) is 5.46. The number of carbonyl (C=O) groups is 1. The number of ether oxygens (including phenoxy) is 2. The highest BCUT2D eigenvalue weighted by Gasteiger charge is 2.27. The number of hydrogen-bond acceptors (Lipinski definition) is 8. The predicted octanol–water partition coefficient (Wildman–Crippen LogP) is 5.60. The van der Waals surface area contributed by atoms with Gasteiger partial charge in [-0.05, 0) is 55.3 Å². The zero-order valence-corrected chi connectivity index (χ0v) is 23.8. The third-order valence-electron chi connectivity index (χ3n) is 6.25. The molecule has 2 unspecified atom stereocenters. The molecule has 0 aliphatic rings. The minimum atomic E-state index is -4.29. The Balaban J connectivity index is 1.90. The van der Waals surface area contributed by atoms with E-state index in [1.807, 2.05) is 24.3 Å². The lowest BCUT2D eigenvalue weighted by Gasteiger charge is -2.19. The summed E-state index contributed by atoms with van der Waals surface area (Å²) >= 11 is 0. The summed E-state index contributed by atoms with van der Waals surface area (Å²) in [5.74, 6) is 0.723. The van der Waals surface area contributed by atoms with Gasteiger partial charge in [-0.2, -0.15) is 0 Å². The van der Waals surface area contributed by atoms with E-state index in [4.69, 9.17) is 23.5 Å². The molecular formula is C28H31N4O7P. The second-order valence-electron chi connectivity index (χ2n) is 8.74. The van der Waals surface area contributed by atoms with Crippen molar-refractivity contribution >= 4 is 30.5 Å². The second-order valence-corrected chi connectivity index (χ2v) is 10.2. The van der Waals surface area contributed by atoms with Crippen molar-refractivity contribution in [2.75, 3.05) is 32.8 Å². The van der Waals surface area contributed by atoms with Gasteiger partial charge in [-0.3, -0.25) is 13.8 Å². The minimum absolute atomic E-state index is 0.0205. The fourth-order valence-electron chi connectivity index (χ4n) is 4.25. The molecule has 3 aromatic heterocycles. The Morgan fingerprint density at radius 1 is 1.15 bits per heavy atom. The highest BCUT2D eigenvalue weighted by atomic mass is 31.2. The van der Waals surface area contributed by atoms with Crippen LogP contribution in [0.2, 0.25) is 0 Å². The maximum absolute atomic E-state index is 12.4. The summed E-state index contributed by atoms with van der Waals surface area (Å²) in [7, 11) is 0.451. The van der Waals surface area contributed by atoms with Crippen LogP contribution in [-0.4, -0.2) is 53.2 Å². The van der Waals surface area contributed by atoms with Crippen molar-refractivity contribution in [2.45, 2.75) is 20.1 Å². The maximum Gasteiger partial charge on any atom is 0.474 e. The minimum Gasteiger partial charge on any atom is -0.497 e. The van der Waals surface area contributed by atoms with Crippen LogP contribution in [0.5, 0.6) is 11.6 Å². The van der Waals surface area contributed by atoms with E-state index in [0.29, 0.717) is 23.0 Å². The lowest BCUT2D eigenvalue weighted by atomic mass is 10.0. The average Bonchev–Trinajstić information content (AvgIpc) is 3.35. The standard InChI is InChI=1S/C28H31N4O7P/c1-7-27(33)31(4)22-11-20(12-23(15-22)36-5)21-13-24-25(19-9-10-29-26(14-19)37-6)17-32(28(24)30-16-21)18(3)39-40(34,35)38-8-2/h7,9-18H,1,8H2,2-6H3,(H,34,35). The van der Waals surface area contributed by atoms with Crippen LogP contribution >= 0.6 is 7.82 Å². The van der Waals surface area contributed by atoms with Crippen LogP contribution in [-0.2, 0) is 18.4 Å². The third-order valence-corrected chi connectivity index (χ3v) is 7.40. The number of fused-ring (bicyclic) bond motifs is 1. The SMILES string of the molecule is C=CC(=O)N(C)c1cc(OC)cc(-c2cnc3c(c2)c(-c2ccnc(OC)c2)cn3C(C)OP(=O)(O)OCC)c1. The maximum atomic E-state index is 12.4. The van der Waals surface area contributed by atoms with Crippen molar-refractivity contribution in [1.29, 1.82) is 0 Å². The van der Waals surface area contributed by atoms with Crippen LogP contribution in [0.1, 0.15) is 20.1 Å². The molecule has 0 aliphatic carbocycles. The summed E-state index contributed by atoms with van der Waals surface area (Å²) in [5, 5.41) is 0.741. The van der Waals surface area contributed by atoms with Crippen molar-refractivity contribution in [3.05, 3.63) is 67.6 Å². The lowest BCUT2D eigenvalue weighted by Crippen LogP contribution is -2.23. The highest BCUT2D eigenvalue weighted by Crippen LogP contribution is 2.47. The number of phosphoric ester groups is 1.